The van der Waals surface area contributed by atoms with Crippen molar-refractivity contribution in [2.45, 2.75) is 25.2 Å². The summed E-state index contributed by atoms with van der Waals surface area (Å²) in [5, 5.41) is 32.3. The molecule has 0 spiro atoms. The molecular weight excluding hydrogens is 1820 g/mol. The van der Waals surface area contributed by atoms with Gasteiger partial charge >= 0.3 is 0 Å². The topological polar surface area (TPSA) is 496 Å². The van der Waals surface area contributed by atoms with E-state index >= 15 is 0 Å². The lowest BCUT2D eigenvalue weighted by atomic mass is 10.1. The van der Waals surface area contributed by atoms with E-state index in [1.54, 1.807) is 92.7 Å². The zero-order valence-corrected chi connectivity index (χ0v) is 70.7. The second-order valence-electron chi connectivity index (χ2n) is 27.2. The first-order valence-corrected chi connectivity index (χ1v) is 44.9. The first kappa shape index (κ1) is 81.9. The highest BCUT2D eigenvalue weighted by atomic mass is 79.9. The third-order valence-corrected chi connectivity index (χ3v) is 26.1. The molecule has 0 saturated heterocycles. The van der Waals surface area contributed by atoms with Gasteiger partial charge in [0.15, 0.2) is 96.1 Å². The summed E-state index contributed by atoms with van der Waals surface area (Å²) < 4.78 is 99.2. The molecule has 6 amide bonds. The minimum Gasteiger partial charge on any atom is -0.377 e. The Labute approximate surface area is 730 Å². The maximum absolute atomic E-state index is 11.9. The van der Waals surface area contributed by atoms with Crippen LogP contribution in [-0.4, -0.2) is 172 Å². The van der Waals surface area contributed by atoms with Crippen LogP contribution in [0, 0.1) is 0 Å². The number of amides is 6. The highest BCUT2D eigenvalue weighted by Crippen LogP contribution is 2.40. The minimum absolute atomic E-state index is 0.286. The quantitative estimate of drug-likeness (QED) is 0.0708. The number of carbonyl (C=O) groups is 6. The summed E-state index contributed by atoms with van der Waals surface area (Å²) in [6.45, 7) is 1.30. The SMILES string of the molecule is O=C1C=C(n2ncc3cc(-c4ccc(C5CC5)nc4)ncc32)S(=O)N1.O=C1C=C(n2ncc3cc(-c4ccccc4)ncc32)S(=O)N1.O=C1C=C(n2ncc3cc(-c4cccnc4)ncc32)S(=O)N1.O=C1C=C(n2ncc3cc(Br)ncc32)S(=O)N1.O=C1C=C(n2ncc3cc(C4=CCOCC4)ncc32)S(=O)N1.O=C1C=C(n2ncc3cc(Cl)ncc32)S(=O)N1. The van der Waals surface area contributed by atoms with Gasteiger partial charge < -0.3 is 4.74 Å². The van der Waals surface area contributed by atoms with Crippen LogP contribution in [0.4, 0.5) is 0 Å². The molecule has 39 nitrogen and oxygen atoms in total. The zero-order chi connectivity index (χ0) is 86.3. The summed E-state index contributed by atoms with van der Waals surface area (Å²) in [6.07, 6.45) is 37.9. The lowest BCUT2D eigenvalue weighted by Gasteiger charge is -2.12. The Hall–Kier alpha value is -14.1. The number of benzene rings is 1. The normalized spacial score (nSPS) is 19.3. The van der Waals surface area contributed by atoms with E-state index < -0.39 is 77.7 Å². The van der Waals surface area contributed by atoms with E-state index in [0.29, 0.717) is 87.1 Å². The number of fused-ring (bicyclic) bond motifs is 6. The third kappa shape index (κ3) is 17.4. The molecular formula is C78H54BrClN26O13S6. The molecule has 1 aromatic carbocycles. The van der Waals surface area contributed by atoms with Gasteiger partial charge in [0.2, 0.25) is 0 Å². The molecule has 7 aliphatic heterocycles. The van der Waals surface area contributed by atoms with Crippen LogP contribution in [0.15, 0.2) is 231 Å². The van der Waals surface area contributed by atoms with Gasteiger partial charge in [0.1, 0.15) is 9.76 Å². The molecule has 0 radical (unpaired) electrons. The summed E-state index contributed by atoms with van der Waals surface area (Å²) >= 11 is 9.01. The first-order chi connectivity index (χ1) is 60.6. The number of aromatic nitrogens is 20. The van der Waals surface area contributed by atoms with Crippen LogP contribution in [0.25, 0.3) is 135 Å². The van der Waals surface area contributed by atoms with Gasteiger partial charge in [-0.05, 0) is 101 Å². The van der Waals surface area contributed by atoms with E-state index in [4.69, 9.17) is 16.3 Å². The van der Waals surface area contributed by atoms with Crippen molar-refractivity contribution in [3.05, 3.63) is 248 Å². The number of nitrogens with one attached hydrogen (secondary N) is 6. The summed E-state index contributed by atoms with van der Waals surface area (Å²) in [4.78, 5) is 102. The van der Waals surface area contributed by atoms with Gasteiger partial charge in [-0.25, -0.2) is 63.3 Å². The van der Waals surface area contributed by atoms with Gasteiger partial charge in [-0.15, -0.1) is 0 Å². The number of carbonyl (C=O) groups excluding carboxylic acids is 6. The van der Waals surface area contributed by atoms with Crippen LogP contribution in [0.2, 0.25) is 5.15 Å². The van der Waals surface area contributed by atoms with Crippen molar-refractivity contribution in [3.63, 3.8) is 0 Å². The molecule has 6 N–H and O–H groups in total. The predicted octanol–water partition coefficient (Wildman–Crippen LogP) is 7.03. The Kier molecular flexibility index (Phi) is 22.9. The lowest BCUT2D eigenvalue weighted by Crippen LogP contribution is -2.17. The van der Waals surface area contributed by atoms with Crippen LogP contribution >= 0.6 is 27.5 Å². The van der Waals surface area contributed by atoms with Crippen molar-refractivity contribution in [1.82, 2.24) is 127 Å². The number of halogens is 2. The Morgan fingerprint density at radius 1 is 0.360 bits per heavy atom. The van der Waals surface area contributed by atoms with Crippen molar-refractivity contribution < 1.29 is 58.8 Å². The summed E-state index contributed by atoms with van der Waals surface area (Å²) in [7, 11) is -9.49. The van der Waals surface area contributed by atoms with Gasteiger partial charge in [-0.3, -0.25) is 87.0 Å². The average molecular weight is 1870 g/mol. The van der Waals surface area contributed by atoms with Crippen LogP contribution < -0.4 is 28.3 Å². The van der Waals surface area contributed by atoms with E-state index in [0.717, 1.165) is 89.5 Å². The Morgan fingerprint density at radius 3 is 1.05 bits per heavy atom. The van der Waals surface area contributed by atoms with Crippen molar-refractivity contribution >= 4 is 230 Å². The third-order valence-electron chi connectivity index (χ3n) is 19.1. The van der Waals surface area contributed by atoms with Gasteiger partial charge in [-0.1, -0.05) is 48.0 Å². The molecule has 6 atom stereocenters. The Balaban J connectivity index is 0.000000102. The van der Waals surface area contributed by atoms with Crippen LogP contribution in [0.1, 0.15) is 36.6 Å². The van der Waals surface area contributed by atoms with Gasteiger partial charge in [0, 0.05) is 116 Å². The second-order valence-corrected chi connectivity index (χ2v) is 35.4. The fourth-order valence-corrected chi connectivity index (χ4v) is 18.8. The minimum atomic E-state index is -1.59. The summed E-state index contributed by atoms with van der Waals surface area (Å²) in [5.41, 5.74) is 12.6. The van der Waals surface area contributed by atoms with E-state index in [9.17, 15) is 54.0 Å². The average Bonchev–Trinajstić information content (AvgIpc) is 1.64. The van der Waals surface area contributed by atoms with E-state index in [1.165, 1.54) is 83.6 Å². The van der Waals surface area contributed by atoms with Crippen molar-refractivity contribution in [2.75, 3.05) is 13.2 Å². The number of hydrogen-bond acceptors (Lipinski definition) is 27. The van der Waals surface area contributed by atoms with Crippen molar-refractivity contribution in [2.24, 2.45) is 0 Å². The van der Waals surface area contributed by atoms with Crippen molar-refractivity contribution in [1.29, 1.82) is 0 Å². The molecule has 23 rings (SSSR count). The first-order valence-electron chi connectivity index (χ1n) is 36.9. The van der Waals surface area contributed by atoms with Crippen LogP contribution in [-0.2, 0) is 99.4 Å². The number of nitrogens with zero attached hydrogens (tertiary/aromatic N) is 20. The van der Waals surface area contributed by atoms with Crippen LogP contribution in [0.3, 0.4) is 0 Å². The smallest absolute Gasteiger partial charge is 0.258 e. The highest BCUT2D eigenvalue weighted by Gasteiger charge is 2.31. The Bertz CT molecular complexity index is 7190. The molecule has 6 unspecified atom stereocenters. The molecule has 0 bridgehead atoms. The summed E-state index contributed by atoms with van der Waals surface area (Å²) in [5.74, 6) is -1.70. The molecule has 8 aliphatic rings. The van der Waals surface area contributed by atoms with E-state index in [-0.39, 0.29) is 28.7 Å². The molecule has 47 heteroatoms. The van der Waals surface area contributed by atoms with Crippen molar-refractivity contribution in [3.8, 4) is 33.8 Å². The van der Waals surface area contributed by atoms with Gasteiger partial charge in [0.25, 0.3) is 35.4 Å². The highest BCUT2D eigenvalue weighted by molar-refractivity contribution is 9.10. The number of ether oxygens (including phenoxy) is 1. The summed E-state index contributed by atoms with van der Waals surface area (Å²) in [6, 6.07) is 28.8. The fraction of sp³-hybridized carbons (Fsp3) is 0.0769. The number of rotatable bonds is 11. The fourth-order valence-electron chi connectivity index (χ4n) is 13.1. The lowest BCUT2D eigenvalue weighted by molar-refractivity contribution is -0.115. The maximum atomic E-state index is 11.9. The monoisotopic (exact) mass is 1870 g/mol. The van der Waals surface area contributed by atoms with Crippen LogP contribution in [0.5, 0.6) is 0 Å². The molecule has 624 valence electrons. The maximum Gasteiger partial charge on any atom is 0.258 e. The molecule has 125 heavy (non-hydrogen) atoms. The van der Waals surface area contributed by atoms with Gasteiger partial charge in [-0.2, -0.15) is 30.6 Å². The molecule has 1 fully saturated rings. The second kappa shape index (κ2) is 35.0. The Morgan fingerprint density at radius 2 is 0.704 bits per heavy atom. The zero-order valence-electron chi connectivity index (χ0n) is 63.4. The number of hydrogen-bond donors (Lipinski definition) is 6. The number of pyridine rings is 8. The predicted molar refractivity (Wildman–Crippen MR) is 469 cm³/mol. The molecule has 1 saturated carbocycles. The van der Waals surface area contributed by atoms with Gasteiger partial charge in [0.05, 0.1) is 143 Å². The molecule has 21 heterocycles. The largest absolute Gasteiger partial charge is 0.377 e. The molecule has 1 aliphatic carbocycles. The molecule has 14 aromatic heterocycles. The molecule has 15 aromatic rings. The van der Waals surface area contributed by atoms with E-state index in [1.807, 2.05) is 85.1 Å². The standard InChI is InChI=1S/C17H13N5O2S.C15H10N4O2S.C14H9N5O2S.C14H12N4O3S.C9H5BrN4O2S.C9H5ClN4O2S/c23-16-6-17(25(24)21-16)22-15-9-19-14(5-12(15)8-20-22)11-3-4-13(18-7-11)10-1-2-10;20-14-7-15(22(21)18-14)19-13-9-16-12(6-11(13)8-17-19)10-4-2-1-3-5-10;20-13-5-14(22(21)18-13)19-12-8-16-11(4-10(12)7-17-19)9-2-1-3-15-6-9;19-13-6-14(22(20)17-13)18-12-8-15-11(5-10(12)7-16-18)9-1-3-21-4-2-9;2*10-7-1-5-3-12-14(6(5)4-11-7)9-2-8(15)13-17(9)16/h3-10H,1-2H2,(H,21,23);1-9H,(H,18,20);1-8H,(H,18,20);1,5-8H,2-4H2,(H,17,19);2*1-4H,(H,13,15). The van der Waals surface area contributed by atoms with E-state index in [2.05, 4.69) is 121 Å².